The Hall–Kier alpha value is -4.12. The van der Waals surface area contributed by atoms with E-state index in [0.29, 0.717) is 71.5 Å². The van der Waals surface area contributed by atoms with E-state index >= 15 is 0 Å². The number of hydrogen-bond donors (Lipinski definition) is 1. The number of aliphatic hydroxyl groups excluding tert-OH is 1. The third kappa shape index (κ3) is 5.33. The van der Waals surface area contributed by atoms with Gasteiger partial charge in [0, 0.05) is 5.56 Å². The van der Waals surface area contributed by atoms with Crippen LogP contribution in [0.5, 0.6) is 23.0 Å². The predicted molar refractivity (Wildman–Crippen MR) is 149 cm³/mol. The second-order valence-electron chi connectivity index (χ2n) is 9.80. The van der Waals surface area contributed by atoms with E-state index in [9.17, 15) is 14.7 Å². The number of aliphatic hydroxyl groups is 1. The molecule has 1 aromatic heterocycles. The van der Waals surface area contributed by atoms with Crippen LogP contribution in [0.3, 0.4) is 0 Å². The first-order chi connectivity index (χ1) is 19.3. The van der Waals surface area contributed by atoms with Crippen LogP contribution >= 0.6 is 11.3 Å². The first kappa shape index (κ1) is 27.4. The van der Waals surface area contributed by atoms with E-state index in [4.69, 9.17) is 18.9 Å². The minimum atomic E-state index is -0.982. The van der Waals surface area contributed by atoms with E-state index in [1.165, 1.54) is 16.2 Å². The maximum Gasteiger partial charge on any atom is 0.301 e. The van der Waals surface area contributed by atoms with Crippen LogP contribution in [-0.2, 0) is 9.59 Å². The number of amides is 1. The summed E-state index contributed by atoms with van der Waals surface area (Å²) in [5.74, 6) is 0.519. The van der Waals surface area contributed by atoms with Crippen molar-refractivity contribution < 1.29 is 33.6 Å². The van der Waals surface area contributed by atoms with Crippen molar-refractivity contribution in [1.82, 2.24) is 10.2 Å². The number of ether oxygens (including phenoxy) is 4. The predicted octanol–water partition coefficient (Wildman–Crippen LogP) is 5.07. The molecule has 0 aliphatic carbocycles. The van der Waals surface area contributed by atoms with Gasteiger partial charge in [0.05, 0.1) is 24.8 Å². The number of carbonyl (C=O) groups excluding carboxylic acids is 2. The van der Waals surface area contributed by atoms with Crippen molar-refractivity contribution in [3.63, 3.8) is 0 Å². The molecule has 1 N–H and O–H groups in total. The molecule has 40 heavy (non-hydrogen) atoms. The highest BCUT2D eigenvalue weighted by Crippen LogP contribution is 2.45. The molecule has 1 amide bonds. The molecule has 1 atom stereocenters. The molecule has 210 valence electrons. The van der Waals surface area contributed by atoms with Crippen LogP contribution in [0.25, 0.3) is 5.76 Å². The zero-order valence-corrected chi connectivity index (χ0v) is 23.6. The molecule has 2 aliphatic heterocycles. The van der Waals surface area contributed by atoms with Crippen molar-refractivity contribution in [3.8, 4) is 23.0 Å². The summed E-state index contributed by atoms with van der Waals surface area (Å²) in [6, 6.07) is 9.17. The number of fused-ring (bicyclic) bond motifs is 1. The number of hydrogen-bond acceptors (Lipinski definition) is 10. The number of ketones is 1. The molecule has 0 bridgehead atoms. The van der Waals surface area contributed by atoms with Crippen LogP contribution in [0.4, 0.5) is 5.13 Å². The monoisotopic (exact) mass is 565 g/mol. The maximum atomic E-state index is 13.5. The zero-order valence-electron chi connectivity index (χ0n) is 22.8. The maximum absolute atomic E-state index is 13.5. The van der Waals surface area contributed by atoms with Gasteiger partial charge in [-0.2, -0.15) is 0 Å². The molecule has 0 spiro atoms. The minimum Gasteiger partial charge on any atom is -0.507 e. The lowest BCUT2D eigenvalue weighted by molar-refractivity contribution is -0.132. The first-order valence-electron chi connectivity index (χ1n) is 13.2. The average Bonchev–Trinajstić information content (AvgIpc) is 3.48. The van der Waals surface area contributed by atoms with E-state index in [0.717, 1.165) is 6.42 Å². The van der Waals surface area contributed by atoms with Gasteiger partial charge in [0.25, 0.3) is 5.78 Å². The molecule has 1 fully saturated rings. The number of aryl methyl sites for hydroxylation is 1. The van der Waals surface area contributed by atoms with Crippen molar-refractivity contribution >= 4 is 33.9 Å². The fraction of sp³-hybridized carbons (Fsp3) is 0.379. The molecule has 5 rings (SSSR count). The van der Waals surface area contributed by atoms with E-state index in [1.807, 2.05) is 6.92 Å². The normalized spacial score (nSPS) is 17.9. The smallest absolute Gasteiger partial charge is 0.301 e. The number of aromatic nitrogens is 2. The van der Waals surface area contributed by atoms with Gasteiger partial charge in [0.15, 0.2) is 23.0 Å². The molecule has 11 heteroatoms. The Kier molecular flexibility index (Phi) is 7.92. The highest BCUT2D eigenvalue weighted by atomic mass is 32.1. The SMILES string of the molecule is CCOc1cc(C2C(=C(O)c3ccc4c(c3)OCCO4)C(=O)C(=O)N2c2nnc(C)s2)ccc1OCCC(C)C. The highest BCUT2D eigenvalue weighted by molar-refractivity contribution is 7.15. The lowest BCUT2D eigenvalue weighted by Gasteiger charge is -2.24. The van der Waals surface area contributed by atoms with Crippen LogP contribution < -0.4 is 23.8 Å². The van der Waals surface area contributed by atoms with Gasteiger partial charge >= 0.3 is 5.91 Å². The van der Waals surface area contributed by atoms with Gasteiger partial charge in [-0.25, -0.2) is 0 Å². The second-order valence-corrected chi connectivity index (χ2v) is 11.0. The Morgan fingerprint density at radius 3 is 2.55 bits per heavy atom. The van der Waals surface area contributed by atoms with Crippen molar-refractivity contribution in [2.75, 3.05) is 31.3 Å². The molecule has 2 aromatic carbocycles. The molecule has 1 unspecified atom stereocenters. The van der Waals surface area contributed by atoms with Crippen molar-refractivity contribution in [1.29, 1.82) is 0 Å². The van der Waals surface area contributed by atoms with Crippen LogP contribution in [0.15, 0.2) is 42.0 Å². The number of rotatable bonds is 9. The lowest BCUT2D eigenvalue weighted by Crippen LogP contribution is -2.29. The molecular formula is C29H31N3O7S. The average molecular weight is 566 g/mol. The lowest BCUT2D eigenvalue weighted by atomic mass is 9.95. The van der Waals surface area contributed by atoms with Crippen LogP contribution in [0.1, 0.15) is 49.4 Å². The third-order valence-corrected chi connectivity index (χ3v) is 7.36. The minimum absolute atomic E-state index is 0.0783. The summed E-state index contributed by atoms with van der Waals surface area (Å²) < 4.78 is 23.1. The molecular weight excluding hydrogens is 534 g/mol. The Labute approximate surface area is 236 Å². The largest absolute Gasteiger partial charge is 0.507 e. The summed E-state index contributed by atoms with van der Waals surface area (Å²) >= 11 is 1.18. The van der Waals surface area contributed by atoms with Gasteiger partial charge in [-0.05, 0) is 62.1 Å². The number of nitrogens with zero attached hydrogens (tertiary/aromatic N) is 3. The van der Waals surface area contributed by atoms with Crippen molar-refractivity contribution in [3.05, 3.63) is 58.1 Å². The number of anilines is 1. The summed E-state index contributed by atoms with van der Waals surface area (Å²) in [7, 11) is 0. The van der Waals surface area contributed by atoms with Crippen LogP contribution in [0.2, 0.25) is 0 Å². The van der Waals surface area contributed by atoms with Gasteiger partial charge < -0.3 is 24.1 Å². The second kappa shape index (κ2) is 11.5. The zero-order chi connectivity index (χ0) is 28.4. The van der Waals surface area contributed by atoms with Crippen molar-refractivity contribution in [2.45, 2.75) is 40.2 Å². The molecule has 0 radical (unpaired) electrons. The van der Waals surface area contributed by atoms with E-state index in [-0.39, 0.29) is 16.5 Å². The topological polar surface area (TPSA) is 120 Å². The molecule has 3 heterocycles. The number of Topliss-reactive ketones (excluding diaryl/α,β-unsaturated/α-hetero) is 1. The summed E-state index contributed by atoms with van der Waals surface area (Å²) in [5.41, 5.74) is 0.788. The fourth-order valence-electron chi connectivity index (χ4n) is 4.56. The van der Waals surface area contributed by atoms with Gasteiger partial charge in [0.1, 0.15) is 24.0 Å². The van der Waals surface area contributed by atoms with Gasteiger partial charge in [-0.1, -0.05) is 31.3 Å². The van der Waals surface area contributed by atoms with Gasteiger partial charge in [0.2, 0.25) is 5.13 Å². The quantitative estimate of drug-likeness (QED) is 0.215. The number of benzene rings is 2. The van der Waals surface area contributed by atoms with Gasteiger partial charge in [-0.15, -0.1) is 10.2 Å². The fourth-order valence-corrected chi connectivity index (χ4v) is 5.28. The molecule has 10 nitrogen and oxygen atoms in total. The molecule has 0 saturated carbocycles. The van der Waals surface area contributed by atoms with E-state index in [2.05, 4.69) is 24.0 Å². The van der Waals surface area contributed by atoms with Crippen LogP contribution in [0, 0.1) is 12.8 Å². The van der Waals surface area contributed by atoms with Crippen LogP contribution in [-0.4, -0.2) is 53.4 Å². The Balaban J connectivity index is 1.63. The summed E-state index contributed by atoms with van der Waals surface area (Å²) in [4.78, 5) is 28.2. The summed E-state index contributed by atoms with van der Waals surface area (Å²) in [6.45, 7) is 9.56. The standard InChI is InChI=1S/C29H31N3O7S/c1-5-36-22-14-18(6-8-20(22)37-11-10-16(2)3)25-24(27(34)28(35)32(25)29-31-30-17(4)40-29)26(33)19-7-9-21-23(15-19)39-13-12-38-21/h6-9,14-16,25,33H,5,10-13H2,1-4H3. The molecule has 2 aliphatic rings. The molecule has 3 aromatic rings. The van der Waals surface area contributed by atoms with Gasteiger partial charge in [-0.3, -0.25) is 14.5 Å². The highest BCUT2D eigenvalue weighted by Gasteiger charge is 2.48. The first-order valence-corrected chi connectivity index (χ1v) is 14.0. The van der Waals surface area contributed by atoms with E-state index in [1.54, 1.807) is 43.3 Å². The van der Waals surface area contributed by atoms with Crippen molar-refractivity contribution in [2.24, 2.45) is 5.92 Å². The summed E-state index contributed by atoms with van der Waals surface area (Å²) in [6.07, 6.45) is 0.874. The van der Waals surface area contributed by atoms with E-state index < -0.39 is 17.7 Å². The Bertz CT molecular complexity index is 1470. The molecule has 1 saturated heterocycles. The Morgan fingerprint density at radius 1 is 1.07 bits per heavy atom. The Morgan fingerprint density at radius 2 is 1.85 bits per heavy atom. The third-order valence-electron chi connectivity index (χ3n) is 6.52. The number of carbonyl (C=O) groups is 2. The summed E-state index contributed by atoms with van der Waals surface area (Å²) in [5, 5.41) is 20.6.